The molecule has 0 aliphatic carbocycles. The van der Waals surface area contributed by atoms with Crippen LogP contribution in [0, 0.1) is 11.7 Å². The van der Waals surface area contributed by atoms with Crippen molar-refractivity contribution in [2.24, 2.45) is 5.92 Å². The van der Waals surface area contributed by atoms with Crippen LogP contribution in [-0.4, -0.2) is 25.7 Å². The average Bonchev–Trinajstić information content (AvgIpc) is 2.32. The highest BCUT2D eigenvalue weighted by Gasteiger charge is 2.20. The summed E-state index contributed by atoms with van der Waals surface area (Å²) >= 11 is 5.84. The molecule has 0 aromatic heterocycles. The molecule has 18 heavy (non-hydrogen) atoms. The molecular weight excluding hydrogens is 251 g/mol. The SMILES string of the molecule is CC(C)CC1CN(c2ccc(F)c(Cl)c2)CCN1. The molecule has 1 aliphatic rings. The van der Waals surface area contributed by atoms with E-state index in [9.17, 15) is 4.39 Å². The second-order valence-electron chi connectivity index (χ2n) is 5.33. The third-order valence-electron chi connectivity index (χ3n) is 3.28. The molecule has 1 atom stereocenters. The van der Waals surface area contributed by atoms with Crippen LogP contribution >= 0.6 is 11.6 Å². The number of hydrogen-bond donors (Lipinski definition) is 1. The van der Waals surface area contributed by atoms with E-state index in [0.717, 1.165) is 31.7 Å². The summed E-state index contributed by atoms with van der Waals surface area (Å²) in [6, 6.07) is 5.47. The zero-order valence-electron chi connectivity index (χ0n) is 10.9. The van der Waals surface area contributed by atoms with Crippen molar-refractivity contribution >= 4 is 17.3 Å². The summed E-state index contributed by atoms with van der Waals surface area (Å²) in [6.45, 7) is 7.33. The zero-order valence-corrected chi connectivity index (χ0v) is 11.7. The maximum absolute atomic E-state index is 13.2. The lowest BCUT2D eigenvalue weighted by Crippen LogP contribution is -2.51. The Morgan fingerprint density at radius 1 is 1.50 bits per heavy atom. The van der Waals surface area contributed by atoms with E-state index in [4.69, 9.17) is 11.6 Å². The van der Waals surface area contributed by atoms with Gasteiger partial charge in [0.2, 0.25) is 0 Å². The monoisotopic (exact) mass is 270 g/mol. The van der Waals surface area contributed by atoms with E-state index in [1.54, 1.807) is 12.1 Å². The van der Waals surface area contributed by atoms with Crippen molar-refractivity contribution in [3.63, 3.8) is 0 Å². The van der Waals surface area contributed by atoms with Gasteiger partial charge >= 0.3 is 0 Å². The molecule has 1 aliphatic heterocycles. The molecular formula is C14H20ClFN2. The topological polar surface area (TPSA) is 15.3 Å². The van der Waals surface area contributed by atoms with Crippen LogP contribution < -0.4 is 10.2 Å². The van der Waals surface area contributed by atoms with Gasteiger partial charge in [-0.1, -0.05) is 25.4 Å². The van der Waals surface area contributed by atoms with E-state index in [1.807, 2.05) is 0 Å². The molecule has 1 saturated heterocycles. The summed E-state index contributed by atoms with van der Waals surface area (Å²) in [4.78, 5) is 2.27. The van der Waals surface area contributed by atoms with Gasteiger partial charge in [-0.15, -0.1) is 0 Å². The molecule has 0 spiro atoms. The molecule has 4 heteroatoms. The number of anilines is 1. The summed E-state index contributed by atoms with van der Waals surface area (Å²) in [5.41, 5.74) is 1.01. The minimum absolute atomic E-state index is 0.200. The van der Waals surface area contributed by atoms with E-state index in [0.29, 0.717) is 12.0 Å². The van der Waals surface area contributed by atoms with Gasteiger partial charge in [-0.05, 0) is 30.5 Å². The summed E-state index contributed by atoms with van der Waals surface area (Å²) in [5, 5.41) is 3.73. The lowest BCUT2D eigenvalue weighted by atomic mass is 10.0. The van der Waals surface area contributed by atoms with Crippen LogP contribution in [0.1, 0.15) is 20.3 Å². The van der Waals surface area contributed by atoms with Crippen molar-refractivity contribution in [3.8, 4) is 0 Å². The van der Waals surface area contributed by atoms with Crippen LogP contribution in [0.25, 0.3) is 0 Å². The first-order valence-corrected chi connectivity index (χ1v) is 6.87. The number of piperazine rings is 1. The Balaban J connectivity index is 2.05. The molecule has 0 bridgehead atoms. The number of nitrogens with zero attached hydrogens (tertiary/aromatic N) is 1. The lowest BCUT2D eigenvalue weighted by molar-refractivity contribution is 0.388. The number of halogens is 2. The van der Waals surface area contributed by atoms with E-state index in [-0.39, 0.29) is 10.8 Å². The summed E-state index contributed by atoms with van der Waals surface area (Å²) in [6.07, 6.45) is 1.16. The fraction of sp³-hybridized carbons (Fsp3) is 0.571. The van der Waals surface area contributed by atoms with Crippen LogP contribution in [0.5, 0.6) is 0 Å². The van der Waals surface area contributed by atoms with Crippen molar-refractivity contribution < 1.29 is 4.39 Å². The second kappa shape index (κ2) is 5.89. The largest absolute Gasteiger partial charge is 0.369 e. The average molecular weight is 271 g/mol. The van der Waals surface area contributed by atoms with Gasteiger partial charge in [-0.3, -0.25) is 0 Å². The van der Waals surface area contributed by atoms with Gasteiger partial charge < -0.3 is 10.2 Å². The van der Waals surface area contributed by atoms with Crippen molar-refractivity contribution in [1.82, 2.24) is 5.32 Å². The predicted molar refractivity (Wildman–Crippen MR) is 74.9 cm³/mol. The van der Waals surface area contributed by atoms with Crippen molar-refractivity contribution in [2.75, 3.05) is 24.5 Å². The minimum Gasteiger partial charge on any atom is -0.369 e. The first-order valence-electron chi connectivity index (χ1n) is 6.49. The third-order valence-corrected chi connectivity index (χ3v) is 3.57. The van der Waals surface area contributed by atoms with Gasteiger partial charge in [0.1, 0.15) is 5.82 Å². The Hall–Kier alpha value is -0.800. The van der Waals surface area contributed by atoms with Crippen LogP contribution in [-0.2, 0) is 0 Å². The fourth-order valence-electron chi connectivity index (χ4n) is 2.47. The summed E-state index contributed by atoms with van der Waals surface area (Å²) < 4.78 is 13.2. The lowest BCUT2D eigenvalue weighted by Gasteiger charge is -2.36. The molecule has 1 fully saturated rings. The maximum atomic E-state index is 13.2. The van der Waals surface area contributed by atoms with Crippen molar-refractivity contribution in [2.45, 2.75) is 26.3 Å². The highest BCUT2D eigenvalue weighted by Crippen LogP contribution is 2.24. The molecule has 1 heterocycles. The highest BCUT2D eigenvalue weighted by molar-refractivity contribution is 6.31. The molecule has 1 N–H and O–H groups in total. The maximum Gasteiger partial charge on any atom is 0.141 e. The number of hydrogen-bond acceptors (Lipinski definition) is 2. The van der Waals surface area contributed by atoms with Crippen LogP contribution in [0.4, 0.5) is 10.1 Å². The first kappa shape index (κ1) is 13.6. The summed E-state index contributed by atoms with van der Waals surface area (Å²) in [5.74, 6) is 0.327. The van der Waals surface area contributed by atoms with Crippen LogP contribution in [0.15, 0.2) is 18.2 Å². The van der Waals surface area contributed by atoms with E-state index >= 15 is 0 Å². The molecule has 0 radical (unpaired) electrons. The summed E-state index contributed by atoms with van der Waals surface area (Å²) in [7, 11) is 0. The molecule has 1 aromatic rings. The van der Waals surface area contributed by atoms with Gasteiger partial charge in [0, 0.05) is 31.4 Å². The number of rotatable bonds is 3. The Labute approximate surface area is 113 Å². The van der Waals surface area contributed by atoms with Gasteiger partial charge in [0.05, 0.1) is 5.02 Å². The quantitative estimate of drug-likeness (QED) is 0.907. The first-order chi connectivity index (χ1) is 8.56. The van der Waals surface area contributed by atoms with Crippen LogP contribution in [0.3, 0.4) is 0 Å². The van der Waals surface area contributed by atoms with Gasteiger partial charge in [0.25, 0.3) is 0 Å². The Kier molecular flexibility index (Phi) is 4.46. The molecule has 1 unspecified atom stereocenters. The molecule has 0 amide bonds. The minimum atomic E-state index is -0.353. The van der Waals surface area contributed by atoms with Gasteiger partial charge in [0.15, 0.2) is 0 Å². The van der Waals surface area contributed by atoms with Gasteiger partial charge in [-0.2, -0.15) is 0 Å². The number of benzene rings is 1. The molecule has 100 valence electrons. The highest BCUT2D eigenvalue weighted by atomic mass is 35.5. The van der Waals surface area contributed by atoms with E-state index in [2.05, 4.69) is 24.1 Å². The van der Waals surface area contributed by atoms with Crippen molar-refractivity contribution in [3.05, 3.63) is 29.0 Å². The Morgan fingerprint density at radius 2 is 2.28 bits per heavy atom. The fourth-order valence-corrected chi connectivity index (χ4v) is 2.64. The molecule has 0 saturated carbocycles. The molecule has 2 nitrogen and oxygen atoms in total. The molecule has 1 aromatic carbocycles. The Morgan fingerprint density at radius 3 is 2.94 bits per heavy atom. The number of nitrogens with one attached hydrogen (secondary N) is 1. The Bertz CT molecular complexity index is 409. The second-order valence-corrected chi connectivity index (χ2v) is 5.73. The van der Waals surface area contributed by atoms with Gasteiger partial charge in [-0.25, -0.2) is 4.39 Å². The van der Waals surface area contributed by atoms with E-state index in [1.165, 1.54) is 6.07 Å². The smallest absolute Gasteiger partial charge is 0.141 e. The predicted octanol–water partition coefficient (Wildman–Crippen LogP) is 3.30. The van der Waals surface area contributed by atoms with E-state index < -0.39 is 0 Å². The van der Waals surface area contributed by atoms with Crippen LogP contribution in [0.2, 0.25) is 5.02 Å². The molecule has 2 rings (SSSR count). The standard InChI is InChI=1S/C14H20ClFN2/c1-10(2)7-11-9-18(6-5-17-11)12-3-4-14(16)13(15)8-12/h3-4,8,10-11,17H,5-7,9H2,1-2H3. The zero-order chi connectivity index (χ0) is 13.1. The normalized spacial score (nSPS) is 20.5. The third kappa shape index (κ3) is 3.36. The van der Waals surface area contributed by atoms with Crippen molar-refractivity contribution in [1.29, 1.82) is 0 Å².